The molecule has 6 nitrogen and oxygen atoms in total. The lowest BCUT2D eigenvalue weighted by molar-refractivity contribution is -0.135. The third kappa shape index (κ3) is 3.82. The number of pyridine rings is 1. The van der Waals surface area contributed by atoms with Gasteiger partial charge in [-0.3, -0.25) is 14.7 Å². The quantitative estimate of drug-likeness (QED) is 0.559. The van der Waals surface area contributed by atoms with Crippen molar-refractivity contribution in [2.75, 3.05) is 6.54 Å². The highest BCUT2D eigenvalue weighted by molar-refractivity contribution is 7.10. The predicted molar refractivity (Wildman–Crippen MR) is 116 cm³/mol. The second kappa shape index (κ2) is 8.16. The van der Waals surface area contributed by atoms with Crippen LogP contribution < -0.4 is 0 Å². The maximum Gasteiger partial charge on any atom is 0.257 e. The van der Waals surface area contributed by atoms with E-state index in [2.05, 4.69) is 28.9 Å². The third-order valence-corrected chi connectivity index (χ3v) is 6.81. The van der Waals surface area contributed by atoms with Crippen LogP contribution in [-0.2, 0) is 4.79 Å². The summed E-state index contributed by atoms with van der Waals surface area (Å²) in [5.41, 5.74) is 1.96. The first kappa shape index (κ1) is 19.2. The van der Waals surface area contributed by atoms with E-state index in [1.807, 2.05) is 35.8 Å². The van der Waals surface area contributed by atoms with Gasteiger partial charge in [0.15, 0.2) is 0 Å². The first-order valence-corrected chi connectivity index (χ1v) is 11.2. The molecular formula is C23H24N4O2S. The molecule has 0 saturated heterocycles. The first-order chi connectivity index (χ1) is 14.7. The second-order valence-electron chi connectivity index (χ2n) is 7.86. The van der Waals surface area contributed by atoms with Crippen molar-refractivity contribution in [2.45, 2.75) is 44.3 Å². The molecule has 154 valence electrons. The van der Waals surface area contributed by atoms with Crippen molar-refractivity contribution in [3.05, 3.63) is 76.6 Å². The molecule has 7 heteroatoms. The summed E-state index contributed by atoms with van der Waals surface area (Å²) < 4.78 is 5.55. The van der Waals surface area contributed by atoms with Crippen LogP contribution in [0.4, 0.5) is 0 Å². The molecule has 1 amide bonds. The average Bonchev–Trinajstić information content (AvgIpc) is 3.21. The molecule has 3 aromatic heterocycles. The van der Waals surface area contributed by atoms with E-state index in [-0.39, 0.29) is 18.0 Å². The maximum atomic E-state index is 13.5. The van der Waals surface area contributed by atoms with E-state index in [0.29, 0.717) is 19.0 Å². The van der Waals surface area contributed by atoms with Gasteiger partial charge in [0.2, 0.25) is 0 Å². The number of hydrogen-bond donors (Lipinski definition) is 0. The molecule has 5 rings (SSSR count). The van der Waals surface area contributed by atoms with Crippen LogP contribution >= 0.6 is 11.3 Å². The molecular weight excluding hydrogens is 396 g/mol. The molecule has 1 aliphatic heterocycles. The molecule has 30 heavy (non-hydrogen) atoms. The van der Waals surface area contributed by atoms with Crippen molar-refractivity contribution < 1.29 is 9.21 Å². The van der Waals surface area contributed by atoms with Gasteiger partial charge in [-0.05, 0) is 55.0 Å². The molecule has 0 aromatic carbocycles. The Morgan fingerprint density at radius 2 is 2.20 bits per heavy atom. The van der Waals surface area contributed by atoms with Gasteiger partial charge in [-0.15, -0.1) is 11.3 Å². The standard InChI is InChI=1S/C23H24N4O2S/c1-16(17-5-2-10-24-14-17)26(18-8-9-18)15-23(28)27-20(22-7-4-12-30-22)13-19(25-27)21-6-3-11-29-21/h2-7,10-12,14,16,18,20H,8-9,13,15H2,1H3/t16-,20-/m1/s1. The number of carbonyl (C=O) groups is 1. The number of nitrogens with zero attached hydrogens (tertiary/aromatic N) is 4. The van der Waals surface area contributed by atoms with Crippen LogP contribution in [0.5, 0.6) is 0 Å². The van der Waals surface area contributed by atoms with Crippen molar-refractivity contribution in [3.8, 4) is 0 Å². The summed E-state index contributed by atoms with van der Waals surface area (Å²) in [6.07, 6.45) is 8.25. The molecule has 0 unspecified atom stereocenters. The Hall–Kier alpha value is -2.77. The van der Waals surface area contributed by atoms with Crippen LogP contribution in [0.25, 0.3) is 0 Å². The lowest BCUT2D eigenvalue weighted by atomic mass is 10.1. The maximum absolute atomic E-state index is 13.5. The van der Waals surface area contributed by atoms with Crippen molar-refractivity contribution >= 4 is 23.0 Å². The normalized spacial score (nSPS) is 19.9. The van der Waals surface area contributed by atoms with E-state index < -0.39 is 0 Å². The minimum absolute atomic E-state index is 0.0256. The molecule has 1 fully saturated rings. The van der Waals surface area contributed by atoms with E-state index in [9.17, 15) is 4.79 Å². The van der Waals surface area contributed by atoms with Gasteiger partial charge < -0.3 is 4.42 Å². The zero-order chi connectivity index (χ0) is 20.5. The van der Waals surface area contributed by atoms with Crippen LogP contribution in [0.3, 0.4) is 0 Å². The summed E-state index contributed by atoms with van der Waals surface area (Å²) in [4.78, 5) is 21.2. The Bertz CT molecular complexity index is 1010. The third-order valence-electron chi connectivity index (χ3n) is 5.84. The minimum atomic E-state index is -0.0765. The summed E-state index contributed by atoms with van der Waals surface area (Å²) in [6, 6.07) is 12.4. The Balaban J connectivity index is 1.39. The Morgan fingerprint density at radius 1 is 1.30 bits per heavy atom. The van der Waals surface area contributed by atoms with E-state index >= 15 is 0 Å². The van der Waals surface area contributed by atoms with Gasteiger partial charge in [-0.25, -0.2) is 5.01 Å². The number of hydrogen-bond acceptors (Lipinski definition) is 6. The van der Waals surface area contributed by atoms with Crippen LogP contribution in [0, 0.1) is 0 Å². The van der Waals surface area contributed by atoms with Crippen LogP contribution in [0.15, 0.2) is 70.0 Å². The van der Waals surface area contributed by atoms with E-state index in [1.54, 1.807) is 28.8 Å². The van der Waals surface area contributed by atoms with E-state index in [4.69, 9.17) is 9.52 Å². The Kier molecular flexibility index (Phi) is 5.23. The molecule has 2 atom stereocenters. The highest BCUT2D eigenvalue weighted by atomic mass is 32.1. The fourth-order valence-electron chi connectivity index (χ4n) is 4.07. The smallest absolute Gasteiger partial charge is 0.257 e. The molecule has 2 aliphatic rings. The second-order valence-corrected chi connectivity index (χ2v) is 8.84. The number of aromatic nitrogens is 1. The number of hydrazone groups is 1. The van der Waals surface area contributed by atoms with Gasteiger partial charge in [-0.2, -0.15) is 5.10 Å². The van der Waals surface area contributed by atoms with Crippen molar-refractivity contribution in [1.82, 2.24) is 14.9 Å². The fourth-order valence-corrected chi connectivity index (χ4v) is 4.88. The van der Waals surface area contributed by atoms with Crippen LogP contribution in [0.2, 0.25) is 0 Å². The van der Waals surface area contributed by atoms with E-state index in [0.717, 1.165) is 34.8 Å². The number of carbonyl (C=O) groups excluding carboxylic acids is 1. The summed E-state index contributed by atoms with van der Waals surface area (Å²) in [5.74, 6) is 0.757. The van der Waals surface area contributed by atoms with Gasteiger partial charge in [-0.1, -0.05) is 12.1 Å². The molecule has 0 radical (unpaired) electrons. The van der Waals surface area contributed by atoms with Gasteiger partial charge in [0, 0.05) is 35.8 Å². The molecule has 4 heterocycles. The van der Waals surface area contributed by atoms with Crippen LogP contribution in [0.1, 0.15) is 54.5 Å². The SMILES string of the molecule is C[C@H](c1cccnc1)N(CC(=O)N1N=C(c2ccco2)C[C@@H]1c1cccs1)C1CC1. The summed E-state index contributed by atoms with van der Waals surface area (Å²) in [7, 11) is 0. The summed E-state index contributed by atoms with van der Waals surface area (Å²) >= 11 is 1.66. The Morgan fingerprint density at radius 3 is 2.87 bits per heavy atom. The fraction of sp³-hybridized carbons (Fsp3) is 0.348. The minimum Gasteiger partial charge on any atom is -0.463 e. The van der Waals surface area contributed by atoms with Gasteiger partial charge in [0.1, 0.15) is 11.5 Å². The van der Waals surface area contributed by atoms with Crippen molar-refractivity contribution in [2.24, 2.45) is 5.10 Å². The largest absolute Gasteiger partial charge is 0.463 e. The Labute approximate surface area is 179 Å². The molecule has 1 saturated carbocycles. The van der Waals surface area contributed by atoms with Gasteiger partial charge >= 0.3 is 0 Å². The summed E-state index contributed by atoms with van der Waals surface area (Å²) in [6.45, 7) is 2.50. The van der Waals surface area contributed by atoms with E-state index in [1.165, 1.54) is 0 Å². The number of thiophene rings is 1. The number of furan rings is 1. The average molecular weight is 421 g/mol. The topological polar surface area (TPSA) is 61.9 Å². The first-order valence-electron chi connectivity index (χ1n) is 10.3. The highest BCUT2D eigenvalue weighted by Crippen LogP contribution is 2.37. The summed E-state index contributed by atoms with van der Waals surface area (Å²) in [5, 5.41) is 8.43. The molecule has 0 spiro atoms. The zero-order valence-electron chi connectivity index (χ0n) is 16.8. The lowest BCUT2D eigenvalue weighted by Crippen LogP contribution is -2.40. The van der Waals surface area contributed by atoms with Gasteiger partial charge in [0.05, 0.1) is 18.8 Å². The lowest BCUT2D eigenvalue weighted by Gasteiger charge is -2.31. The van der Waals surface area contributed by atoms with Crippen LogP contribution in [-0.4, -0.2) is 39.1 Å². The van der Waals surface area contributed by atoms with Gasteiger partial charge in [0.25, 0.3) is 5.91 Å². The zero-order valence-corrected chi connectivity index (χ0v) is 17.7. The number of rotatable bonds is 7. The number of amides is 1. The monoisotopic (exact) mass is 420 g/mol. The highest BCUT2D eigenvalue weighted by Gasteiger charge is 2.39. The van der Waals surface area contributed by atoms with Crippen molar-refractivity contribution in [1.29, 1.82) is 0 Å². The molecule has 0 bridgehead atoms. The molecule has 3 aromatic rings. The predicted octanol–water partition coefficient (Wildman–Crippen LogP) is 4.64. The molecule has 1 aliphatic carbocycles. The molecule has 0 N–H and O–H groups in total. The van der Waals surface area contributed by atoms with Crippen molar-refractivity contribution in [3.63, 3.8) is 0 Å².